The van der Waals surface area contributed by atoms with Gasteiger partial charge in [-0.1, -0.05) is 13.2 Å². The smallest absolute Gasteiger partial charge is 0.336 e. The molecule has 0 aliphatic heterocycles. The van der Waals surface area contributed by atoms with Gasteiger partial charge in [-0.3, -0.25) is 0 Å². The zero-order chi connectivity index (χ0) is 34.2. The lowest BCUT2D eigenvalue weighted by Crippen LogP contribution is -2.21. The zero-order valence-corrected chi connectivity index (χ0v) is 23.0. The molecule has 2 aromatic rings. The molecule has 0 saturated carbocycles. The number of carbonyl (C=O) groups is 8. The molecule has 0 fully saturated rings. The van der Waals surface area contributed by atoms with E-state index in [1.54, 1.807) is 0 Å². The first kappa shape index (κ1) is 34.9. The summed E-state index contributed by atoms with van der Waals surface area (Å²) in [5.41, 5.74) is -5.80. The molecule has 16 nitrogen and oxygen atoms in total. The molecule has 2 rings (SSSR count). The first-order chi connectivity index (χ1) is 21.0. The van der Waals surface area contributed by atoms with Crippen LogP contribution in [0.25, 0.3) is 0 Å². The van der Waals surface area contributed by atoms with Crippen LogP contribution in [0.3, 0.4) is 0 Å². The van der Waals surface area contributed by atoms with Gasteiger partial charge in [0.15, 0.2) is 0 Å². The lowest BCUT2D eigenvalue weighted by atomic mass is 9.88. The molecular weight excluding hydrogens is 604 g/mol. The molecule has 0 aliphatic carbocycles. The summed E-state index contributed by atoms with van der Waals surface area (Å²) >= 11 is 0. The van der Waals surface area contributed by atoms with Crippen molar-refractivity contribution >= 4 is 47.8 Å². The second-order valence-electron chi connectivity index (χ2n) is 8.98. The highest BCUT2D eigenvalue weighted by Gasteiger charge is 2.29. The van der Waals surface area contributed by atoms with Crippen molar-refractivity contribution in [2.45, 2.75) is 19.3 Å². The fourth-order valence-electron chi connectivity index (χ4n) is 4.25. The summed E-state index contributed by atoms with van der Waals surface area (Å²) in [4.78, 5) is 94.6. The van der Waals surface area contributed by atoms with Gasteiger partial charge in [0.25, 0.3) is 0 Å². The van der Waals surface area contributed by atoms with E-state index in [-0.39, 0.29) is 23.1 Å². The molecule has 2 aromatic carbocycles. The van der Waals surface area contributed by atoms with E-state index in [4.69, 9.17) is 9.47 Å². The van der Waals surface area contributed by atoms with Crippen LogP contribution in [-0.2, 0) is 38.3 Å². The fourth-order valence-corrected chi connectivity index (χ4v) is 4.25. The third-order valence-corrected chi connectivity index (χ3v) is 6.20. The summed E-state index contributed by atoms with van der Waals surface area (Å²) in [5, 5.41) is 57.1. The number of hydrogen-bond acceptors (Lipinski definition) is 10. The largest absolute Gasteiger partial charge is 0.478 e. The Balaban J connectivity index is 2.43. The van der Waals surface area contributed by atoms with E-state index in [9.17, 15) is 69.0 Å². The maximum atomic E-state index is 12.7. The number of esters is 2. The minimum absolute atomic E-state index is 0.220. The van der Waals surface area contributed by atoms with Crippen molar-refractivity contribution in [3.8, 4) is 0 Å². The van der Waals surface area contributed by atoms with Crippen molar-refractivity contribution in [3.63, 3.8) is 0 Å². The maximum absolute atomic E-state index is 12.7. The Hall–Kier alpha value is -6.32. The highest BCUT2D eigenvalue weighted by molar-refractivity contribution is 6.06. The van der Waals surface area contributed by atoms with Crippen LogP contribution in [0.5, 0.6) is 0 Å². The van der Waals surface area contributed by atoms with Crippen LogP contribution in [0.15, 0.2) is 43.0 Å². The van der Waals surface area contributed by atoms with Gasteiger partial charge in [0.1, 0.15) is 0 Å². The van der Waals surface area contributed by atoms with Crippen LogP contribution < -0.4 is 0 Å². The number of aromatic carboxylic acids is 6. The molecular formula is C29H24O16. The van der Waals surface area contributed by atoms with Crippen LogP contribution in [0, 0.1) is 0 Å². The molecule has 0 heterocycles. The first-order valence-corrected chi connectivity index (χ1v) is 12.4. The van der Waals surface area contributed by atoms with Crippen molar-refractivity contribution in [1.82, 2.24) is 0 Å². The summed E-state index contributed by atoms with van der Waals surface area (Å²) in [7, 11) is 0. The van der Waals surface area contributed by atoms with Gasteiger partial charge in [0, 0.05) is 30.9 Å². The van der Waals surface area contributed by atoms with E-state index >= 15 is 0 Å². The molecule has 6 N–H and O–H groups in total. The third-order valence-electron chi connectivity index (χ3n) is 6.20. The van der Waals surface area contributed by atoms with E-state index in [0.29, 0.717) is 12.1 Å². The van der Waals surface area contributed by atoms with E-state index in [0.717, 1.165) is 12.1 Å². The molecule has 0 aromatic heterocycles. The Morgan fingerprint density at radius 2 is 1.07 bits per heavy atom. The number of carboxylic acid groups (broad SMARTS) is 6. The lowest BCUT2D eigenvalue weighted by Gasteiger charge is -2.18. The molecule has 0 radical (unpaired) electrons. The number of carbonyl (C=O) groups excluding carboxylic acids is 2. The molecule has 0 atom stereocenters. The lowest BCUT2D eigenvalue weighted by molar-refractivity contribution is -0.139. The van der Waals surface area contributed by atoms with Gasteiger partial charge in [-0.05, 0) is 34.9 Å². The number of rotatable bonds is 16. The normalized spacial score (nSPS) is 10.3. The van der Waals surface area contributed by atoms with Crippen LogP contribution in [0.2, 0.25) is 0 Å². The number of ether oxygens (including phenoxy) is 2. The second kappa shape index (κ2) is 14.7. The average Bonchev–Trinajstić information content (AvgIpc) is 2.95. The van der Waals surface area contributed by atoms with E-state index < -0.39 is 113 Å². The zero-order valence-electron chi connectivity index (χ0n) is 23.0. The molecule has 45 heavy (non-hydrogen) atoms. The van der Waals surface area contributed by atoms with E-state index in [2.05, 4.69) is 13.2 Å². The molecule has 236 valence electrons. The van der Waals surface area contributed by atoms with Gasteiger partial charge < -0.3 is 40.1 Å². The van der Waals surface area contributed by atoms with Crippen LogP contribution >= 0.6 is 0 Å². The molecule has 0 bridgehead atoms. The van der Waals surface area contributed by atoms with E-state index in [1.807, 2.05) is 0 Å². The van der Waals surface area contributed by atoms with Crippen LogP contribution in [0.1, 0.15) is 78.8 Å². The second-order valence-corrected chi connectivity index (χ2v) is 8.98. The van der Waals surface area contributed by atoms with Crippen LogP contribution in [-0.4, -0.2) is 91.6 Å². The highest BCUT2D eigenvalue weighted by atomic mass is 16.5. The van der Waals surface area contributed by atoms with Crippen LogP contribution in [0.4, 0.5) is 0 Å². The molecule has 0 saturated heterocycles. The summed E-state index contributed by atoms with van der Waals surface area (Å²) in [6, 6.07) is 2.00. The van der Waals surface area contributed by atoms with E-state index in [1.165, 1.54) is 0 Å². The van der Waals surface area contributed by atoms with Crippen molar-refractivity contribution in [1.29, 1.82) is 0 Å². The van der Waals surface area contributed by atoms with Gasteiger partial charge in [-0.2, -0.15) is 0 Å². The molecule has 0 spiro atoms. The summed E-state index contributed by atoms with van der Waals surface area (Å²) < 4.78 is 9.93. The third kappa shape index (κ3) is 8.38. The van der Waals surface area contributed by atoms with Crippen molar-refractivity contribution in [2.24, 2.45) is 0 Å². The Morgan fingerprint density at radius 3 is 1.56 bits per heavy atom. The van der Waals surface area contributed by atoms with Gasteiger partial charge >= 0.3 is 47.8 Å². The summed E-state index contributed by atoms with van der Waals surface area (Å²) in [5.74, 6) is -12.2. The van der Waals surface area contributed by atoms with Crippen molar-refractivity contribution < 1.29 is 78.5 Å². The monoisotopic (exact) mass is 628 g/mol. The Labute approximate surface area is 252 Å². The van der Waals surface area contributed by atoms with Gasteiger partial charge in [0.2, 0.25) is 0 Å². The Morgan fingerprint density at radius 1 is 0.600 bits per heavy atom. The summed E-state index contributed by atoms with van der Waals surface area (Å²) in [6.45, 7) is 5.55. The molecule has 0 unspecified atom stereocenters. The fraction of sp³-hybridized carbons (Fsp3) is 0.172. The predicted molar refractivity (Wildman–Crippen MR) is 147 cm³/mol. The minimum Gasteiger partial charge on any atom is -0.478 e. The number of carboxylic acids is 6. The first-order valence-electron chi connectivity index (χ1n) is 12.4. The minimum atomic E-state index is -1.77. The molecule has 0 amide bonds. The highest BCUT2D eigenvalue weighted by Crippen LogP contribution is 2.27. The van der Waals surface area contributed by atoms with Gasteiger partial charge in [-0.25, -0.2) is 38.4 Å². The maximum Gasteiger partial charge on any atom is 0.336 e. The molecule has 0 aliphatic rings. The Bertz CT molecular complexity index is 1660. The standard InChI is InChI=1S/C29H24O16/c1-3-21(30)44-6-4-14-15(22(28(41)42)20(27(39)40)11-18(14)25(35)36)5-7-45-29(43)12(2)8-13-9-17(24(33)34)19(26(37)38)10-16(13)23(31)32/h3,9-11H,1-2,4-8H2,(H,31,32)(H,33,34)(H,35,36)(H,37,38)(H,39,40)(H,41,42). The SMILES string of the molecule is C=CC(=O)OCCc1c(C(=O)O)cc(C(=O)O)c(C(=O)O)c1CCOC(=O)C(=C)Cc1cc(C(=O)O)c(C(=O)O)cc1C(=O)O. The average molecular weight is 628 g/mol. The Kier molecular flexibility index (Phi) is 11.4. The van der Waals surface area contributed by atoms with Crippen molar-refractivity contribution in [2.75, 3.05) is 13.2 Å². The molecule has 16 heteroatoms. The quantitative estimate of drug-likeness (QED) is 0.115. The number of hydrogen-bond donors (Lipinski definition) is 6. The van der Waals surface area contributed by atoms with Gasteiger partial charge in [0.05, 0.1) is 46.6 Å². The predicted octanol–water partition coefficient (Wildman–Crippen LogP) is 2.03. The van der Waals surface area contributed by atoms with Gasteiger partial charge in [-0.15, -0.1) is 0 Å². The summed E-state index contributed by atoms with van der Waals surface area (Å²) in [6.07, 6.45) is -0.722. The number of benzene rings is 2. The topological polar surface area (TPSA) is 276 Å². The van der Waals surface area contributed by atoms with Crippen molar-refractivity contribution in [3.05, 3.63) is 93.1 Å².